The van der Waals surface area contributed by atoms with E-state index in [4.69, 9.17) is 34.8 Å². The van der Waals surface area contributed by atoms with Gasteiger partial charge in [0.15, 0.2) is 0 Å². The summed E-state index contributed by atoms with van der Waals surface area (Å²) >= 11 is 18.0. The van der Waals surface area contributed by atoms with Gasteiger partial charge in [-0.1, -0.05) is 47.8 Å². The molecule has 0 bridgehead atoms. The summed E-state index contributed by atoms with van der Waals surface area (Å²) in [5.41, 5.74) is 1.19. The van der Waals surface area contributed by atoms with Crippen molar-refractivity contribution in [3.63, 3.8) is 0 Å². The van der Waals surface area contributed by atoms with Crippen molar-refractivity contribution in [2.45, 2.75) is 38.8 Å². The lowest BCUT2D eigenvalue weighted by molar-refractivity contribution is -0.141. The van der Waals surface area contributed by atoms with E-state index in [-0.39, 0.29) is 37.7 Å². The van der Waals surface area contributed by atoms with Crippen LogP contribution in [0.15, 0.2) is 42.5 Å². The Balaban J connectivity index is 2.20. The number of carbonyl (C=O) groups is 2. The summed E-state index contributed by atoms with van der Waals surface area (Å²) in [6, 6.07) is 10.8. The van der Waals surface area contributed by atoms with Crippen molar-refractivity contribution in [1.29, 1.82) is 0 Å². The third-order valence-corrected chi connectivity index (χ3v) is 7.42. The smallest absolute Gasteiger partial charge is 0.242 e. The predicted octanol–water partition coefficient (Wildman–Crippen LogP) is 4.75. The summed E-state index contributed by atoms with van der Waals surface area (Å²) in [6.45, 7) is 2.08. The molecule has 1 atom stereocenters. The predicted molar refractivity (Wildman–Crippen MR) is 138 cm³/mol. The Hall–Kier alpha value is -2.00. The first-order chi connectivity index (χ1) is 16.0. The highest BCUT2D eigenvalue weighted by Gasteiger charge is 2.28. The Morgan fingerprint density at radius 1 is 1.03 bits per heavy atom. The highest BCUT2D eigenvalue weighted by molar-refractivity contribution is 7.92. The van der Waals surface area contributed by atoms with Crippen LogP contribution in [0.1, 0.15) is 31.7 Å². The van der Waals surface area contributed by atoms with E-state index in [2.05, 4.69) is 5.32 Å². The summed E-state index contributed by atoms with van der Waals surface area (Å²) in [7, 11) is -2.05. The molecule has 7 nitrogen and oxygen atoms in total. The van der Waals surface area contributed by atoms with Gasteiger partial charge in [0.1, 0.15) is 6.04 Å². The number of sulfonamides is 1. The number of anilines is 1. The molecule has 0 radical (unpaired) electrons. The van der Waals surface area contributed by atoms with Gasteiger partial charge in [0, 0.05) is 31.6 Å². The van der Waals surface area contributed by atoms with Gasteiger partial charge in [-0.3, -0.25) is 13.9 Å². The van der Waals surface area contributed by atoms with Gasteiger partial charge in [0.05, 0.1) is 22.0 Å². The molecular formula is C23H28Cl3N3O4S. The Bertz CT molecular complexity index is 1110. The molecule has 1 N–H and O–H groups in total. The lowest BCUT2D eigenvalue weighted by Gasteiger charge is -2.31. The molecule has 34 heavy (non-hydrogen) atoms. The van der Waals surface area contributed by atoms with E-state index in [0.29, 0.717) is 27.2 Å². The number of nitrogens with zero attached hydrogens (tertiary/aromatic N) is 2. The van der Waals surface area contributed by atoms with Crippen LogP contribution >= 0.6 is 34.8 Å². The average Bonchev–Trinajstić information content (AvgIpc) is 2.78. The van der Waals surface area contributed by atoms with Crippen LogP contribution in [-0.4, -0.2) is 51.0 Å². The molecule has 0 aliphatic heterocycles. The average molecular weight is 549 g/mol. The van der Waals surface area contributed by atoms with Crippen LogP contribution in [0.25, 0.3) is 0 Å². The minimum Gasteiger partial charge on any atom is -0.357 e. The topological polar surface area (TPSA) is 86.8 Å². The maximum absolute atomic E-state index is 13.2. The van der Waals surface area contributed by atoms with Gasteiger partial charge in [0.25, 0.3) is 0 Å². The summed E-state index contributed by atoms with van der Waals surface area (Å²) in [5, 5.41) is 3.84. The van der Waals surface area contributed by atoms with Gasteiger partial charge in [0.2, 0.25) is 21.8 Å². The highest BCUT2D eigenvalue weighted by atomic mass is 35.5. The van der Waals surface area contributed by atoms with Crippen molar-refractivity contribution in [2.24, 2.45) is 0 Å². The summed E-state index contributed by atoms with van der Waals surface area (Å²) in [5.74, 6) is -0.555. The van der Waals surface area contributed by atoms with Crippen molar-refractivity contribution in [1.82, 2.24) is 10.2 Å². The Kier molecular flexibility index (Phi) is 10.5. The van der Waals surface area contributed by atoms with Crippen molar-refractivity contribution in [3.05, 3.63) is 63.1 Å². The number of benzene rings is 2. The van der Waals surface area contributed by atoms with Crippen molar-refractivity contribution in [2.75, 3.05) is 24.2 Å². The molecule has 2 aromatic carbocycles. The monoisotopic (exact) mass is 547 g/mol. The minimum atomic E-state index is -3.57. The number of amides is 2. The van der Waals surface area contributed by atoms with Gasteiger partial charge in [-0.15, -0.1) is 0 Å². The zero-order chi connectivity index (χ0) is 25.5. The number of nitrogens with one attached hydrogen (secondary N) is 1. The molecule has 2 aromatic rings. The molecule has 0 saturated heterocycles. The molecular weight excluding hydrogens is 521 g/mol. The van der Waals surface area contributed by atoms with E-state index >= 15 is 0 Å². The van der Waals surface area contributed by atoms with Crippen LogP contribution in [0, 0.1) is 0 Å². The van der Waals surface area contributed by atoms with E-state index in [0.717, 1.165) is 11.8 Å². The molecule has 0 aromatic heterocycles. The third kappa shape index (κ3) is 7.77. The second-order valence-electron chi connectivity index (χ2n) is 7.72. The first kappa shape index (κ1) is 28.2. The molecule has 0 saturated carbocycles. The van der Waals surface area contributed by atoms with Crippen LogP contribution < -0.4 is 9.62 Å². The van der Waals surface area contributed by atoms with Crippen LogP contribution in [0.5, 0.6) is 0 Å². The van der Waals surface area contributed by atoms with Crippen molar-refractivity contribution in [3.8, 4) is 0 Å². The van der Waals surface area contributed by atoms with Gasteiger partial charge in [-0.05, 0) is 54.8 Å². The number of hydrogen-bond donors (Lipinski definition) is 1. The zero-order valence-corrected chi connectivity index (χ0v) is 22.3. The van der Waals surface area contributed by atoms with Crippen LogP contribution in [0.3, 0.4) is 0 Å². The second kappa shape index (κ2) is 12.6. The van der Waals surface area contributed by atoms with Gasteiger partial charge < -0.3 is 10.2 Å². The Morgan fingerprint density at radius 2 is 1.68 bits per heavy atom. The van der Waals surface area contributed by atoms with Crippen molar-refractivity contribution >= 4 is 62.3 Å². The van der Waals surface area contributed by atoms with Gasteiger partial charge in [-0.2, -0.15) is 0 Å². The van der Waals surface area contributed by atoms with E-state index in [9.17, 15) is 18.0 Å². The van der Waals surface area contributed by atoms with E-state index in [1.165, 1.54) is 16.3 Å². The molecule has 2 amide bonds. The number of rotatable bonds is 11. The summed E-state index contributed by atoms with van der Waals surface area (Å²) in [4.78, 5) is 27.2. The molecule has 2 rings (SSSR count). The summed E-state index contributed by atoms with van der Waals surface area (Å²) in [6.07, 6.45) is 1.83. The SMILES string of the molecule is CC[C@@H](C(=O)NC)N(Cc1ccc(Cl)c(Cl)c1)C(=O)CCCN(c1ccc(Cl)cc1)S(C)(=O)=O. The van der Waals surface area contributed by atoms with E-state index < -0.39 is 16.1 Å². The minimum absolute atomic E-state index is 0.0500. The molecule has 0 unspecified atom stereocenters. The standard InChI is InChI=1S/C23H28Cl3N3O4S/c1-4-21(23(31)27-2)28(15-16-7-12-19(25)20(26)14-16)22(30)6-5-13-29(34(3,32)33)18-10-8-17(24)9-11-18/h7-12,14,21H,4-6,13,15H2,1-3H3,(H,27,31)/t21-/m0/s1. The third-order valence-electron chi connectivity index (χ3n) is 5.24. The molecule has 186 valence electrons. The quantitative estimate of drug-likeness (QED) is 0.439. The molecule has 11 heteroatoms. The zero-order valence-electron chi connectivity index (χ0n) is 19.2. The second-order valence-corrected chi connectivity index (χ2v) is 10.9. The Labute approximate surface area is 216 Å². The molecule has 0 aliphatic rings. The normalized spacial score (nSPS) is 12.2. The number of hydrogen-bond acceptors (Lipinski definition) is 4. The number of likely N-dealkylation sites (N-methyl/N-ethyl adjacent to an activating group) is 1. The fourth-order valence-electron chi connectivity index (χ4n) is 3.53. The molecule has 0 spiro atoms. The highest BCUT2D eigenvalue weighted by Crippen LogP contribution is 2.25. The van der Waals surface area contributed by atoms with E-state index in [1.54, 1.807) is 42.5 Å². The lowest BCUT2D eigenvalue weighted by Crippen LogP contribution is -2.48. The maximum atomic E-state index is 13.2. The molecule has 0 fully saturated rings. The van der Waals surface area contributed by atoms with Gasteiger partial charge in [-0.25, -0.2) is 8.42 Å². The fourth-order valence-corrected chi connectivity index (χ4v) is 4.94. The van der Waals surface area contributed by atoms with Crippen LogP contribution in [0.2, 0.25) is 15.1 Å². The maximum Gasteiger partial charge on any atom is 0.242 e. The van der Waals surface area contributed by atoms with Crippen molar-refractivity contribution < 1.29 is 18.0 Å². The number of carbonyl (C=O) groups excluding carboxylic acids is 2. The van der Waals surface area contributed by atoms with Crippen LogP contribution in [-0.2, 0) is 26.2 Å². The van der Waals surface area contributed by atoms with E-state index in [1.807, 2.05) is 6.92 Å². The fraction of sp³-hybridized carbons (Fsp3) is 0.391. The molecule has 0 aliphatic carbocycles. The first-order valence-electron chi connectivity index (χ1n) is 10.7. The first-order valence-corrected chi connectivity index (χ1v) is 13.6. The largest absolute Gasteiger partial charge is 0.357 e. The Morgan fingerprint density at radius 3 is 2.21 bits per heavy atom. The lowest BCUT2D eigenvalue weighted by atomic mass is 10.1. The number of halogens is 3. The van der Waals surface area contributed by atoms with Crippen LogP contribution in [0.4, 0.5) is 5.69 Å². The summed E-state index contributed by atoms with van der Waals surface area (Å²) < 4.78 is 25.9. The molecule has 0 heterocycles. The van der Waals surface area contributed by atoms with Gasteiger partial charge >= 0.3 is 0 Å².